The van der Waals surface area contributed by atoms with E-state index in [9.17, 15) is 0 Å². The molecule has 1 atom stereocenters. The maximum Gasteiger partial charge on any atom is 0.185 e. The molecule has 0 amide bonds. The van der Waals surface area contributed by atoms with E-state index in [4.69, 9.17) is 9.47 Å². The highest BCUT2D eigenvalue weighted by Crippen LogP contribution is 2.22. The summed E-state index contributed by atoms with van der Waals surface area (Å²) in [6.07, 6.45) is 0. The van der Waals surface area contributed by atoms with Gasteiger partial charge in [-0.15, -0.1) is 11.3 Å². The summed E-state index contributed by atoms with van der Waals surface area (Å²) in [7, 11) is 3.44. The molecule has 0 radical (unpaired) electrons. The van der Waals surface area contributed by atoms with E-state index in [2.05, 4.69) is 34.4 Å². The van der Waals surface area contributed by atoms with Crippen molar-refractivity contribution in [3.05, 3.63) is 11.1 Å². The fourth-order valence-electron chi connectivity index (χ4n) is 1.87. The van der Waals surface area contributed by atoms with Crippen LogP contribution in [0.15, 0.2) is 5.38 Å². The summed E-state index contributed by atoms with van der Waals surface area (Å²) in [4.78, 5) is 6.94. The molecular weight excluding hydrogens is 262 g/mol. The van der Waals surface area contributed by atoms with Crippen LogP contribution in [-0.2, 0) is 16.0 Å². The molecule has 0 fully saturated rings. The number of methoxy groups -OCH3 is 2. The Bertz CT molecular complexity index is 346. The maximum absolute atomic E-state index is 5.22. The number of anilines is 1. The zero-order valence-electron chi connectivity index (χ0n) is 12.3. The van der Waals surface area contributed by atoms with Crippen molar-refractivity contribution < 1.29 is 9.47 Å². The third-order valence-electron chi connectivity index (χ3n) is 2.86. The summed E-state index contributed by atoms with van der Waals surface area (Å²) in [6, 6.07) is 0.343. The number of hydrogen-bond donors (Lipinski definition) is 1. The SMILES string of the molecule is CCN(c1nc(CNCCOC)cs1)C(C)COC. The van der Waals surface area contributed by atoms with Gasteiger partial charge in [0.2, 0.25) is 0 Å². The molecule has 5 nitrogen and oxygen atoms in total. The van der Waals surface area contributed by atoms with E-state index < -0.39 is 0 Å². The largest absolute Gasteiger partial charge is 0.383 e. The van der Waals surface area contributed by atoms with Crippen LogP contribution in [0.1, 0.15) is 19.5 Å². The first-order valence-corrected chi connectivity index (χ1v) is 7.50. The lowest BCUT2D eigenvalue weighted by Gasteiger charge is -2.26. The van der Waals surface area contributed by atoms with Gasteiger partial charge in [0, 0.05) is 39.2 Å². The van der Waals surface area contributed by atoms with Crippen LogP contribution in [0.4, 0.5) is 5.13 Å². The van der Waals surface area contributed by atoms with Gasteiger partial charge in [-0.2, -0.15) is 0 Å². The van der Waals surface area contributed by atoms with Gasteiger partial charge in [-0.25, -0.2) is 4.98 Å². The van der Waals surface area contributed by atoms with Crippen LogP contribution in [0.25, 0.3) is 0 Å². The van der Waals surface area contributed by atoms with E-state index in [0.717, 1.165) is 43.7 Å². The first kappa shape index (κ1) is 16.4. The molecule has 0 spiro atoms. The summed E-state index contributed by atoms with van der Waals surface area (Å²) >= 11 is 1.69. The van der Waals surface area contributed by atoms with E-state index in [1.165, 1.54) is 0 Å². The van der Waals surface area contributed by atoms with Gasteiger partial charge < -0.3 is 19.7 Å². The molecule has 1 rings (SSSR count). The van der Waals surface area contributed by atoms with E-state index in [1.54, 1.807) is 25.6 Å². The Kier molecular flexibility index (Phi) is 7.97. The molecule has 0 saturated carbocycles. The Hall–Kier alpha value is -0.690. The predicted octanol–water partition coefficient (Wildman–Crippen LogP) is 1.74. The summed E-state index contributed by atoms with van der Waals surface area (Å²) in [6.45, 7) is 8.32. The number of nitrogens with one attached hydrogen (secondary N) is 1. The van der Waals surface area contributed by atoms with Gasteiger partial charge in [-0.3, -0.25) is 0 Å². The molecule has 1 N–H and O–H groups in total. The van der Waals surface area contributed by atoms with E-state index >= 15 is 0 Å². The fraction of sp³-hybridized carbons (Fsp3) is 0.769. The third-order valence-corrected chi connectivity index (χ3v) is 3.78. The molecule has 0 bridgehead atoms. The predicted molar refractivity (Wildman–Crippen MR) is 80.1 cm³/mol. The highest BCUT2D eigenvalue weighted by molar-refractivity contribution is 7.13. The molecule has 1 heterocycles. The lowest BCUT2D eigenvalue weighted by Crippen LogP contribution is -2.36. The van der Waals surface area contributed by atoms with Gasteiger partial charge in [-0.1, -0.05) is 0 Å². The van der Waals surface area contributed by atoms with Crippen molar-refractivity contribution >= 4 is 16.5 Å². The quantitative estimate of drug-likeness (QED) is 0.664. The summed E-state index contributed by atoms with van der Waals surface area (Å²) < 4.78 is 10.2. The zero-order chi connectivity index (χ0) is 14.1. The van der Waals surface area contributed by atoms with Crippen LogP contribution in [0.3, 0.4) is 0 Å². The van der Waals surface area contributed by atoms with Gasteiger partial charge in [0.05, 0.1) is 24.9 Å². The van der Waals surface area contributed by atoms with Gasteiger partial charge in [0.15, 0.2) is 5.13 Å². The first-order chi connectivity index (χ1) is 9.22. The summed E-state index contributed by atoms with van der Waals surface area (Å²) in [5.74, 6) is 0. The highest BCUT2D eigenvalue weighted by atomic mass is 32.1. The molecule has 0 aliphatic rings. The Morgan fingerprint density at radius 3 is 2.84 bits per heavy atom. The standard InChI is InChI=1S/C13H25N3O2S/c1-5-16(11(2)9-18-4)13-15-12(10-19-13)8-14-6-7-17-3/h10-11,14H,5-9H2,1-4H3. The second-order valence-electron chi connectivity index (χ2n) is 4.38. The Morgan fingerprint density at radius 2 is 2.21 bits per heavy atom. The van der Waals surface area contributed by atoms with Crippen LogP contribution < -0.4 is 10.2 Å². The van der Waals surface area contributed by atoms with Gasteiger partial charge in [0.25, 0.3) is 0 Å². The Balaban J connectivity index is 2.51. The summed E-state index contributed by atoms with van der Waals surface area (Å²) in [5, 5.41) is 6.48. The van der Waals surface area contributed by atoms with Crippen molar-refractivity contribution in [2.75, 3.05) is 45.4 Å². The Morgan fingerprint density at radius 1 is 1.42 bits per heavy atom. The molecule has 110 valence electrons. The van der Waals surface area contributed by atoms with Crippen LogP contribution in [0.5, 0.6) is 0 Å². The molecule has 1 unspecified atom stereocenters. The van der Waals surface area contributed by atoms with Crippen LogP contribution in [0, 0.1) is 0 Å². The molecule has 6 heteroatoms. The van der Waals surface area contributed by atoms with Crippen molar-refractivity contribution in [2.24, 2.45) is 0 Å². The van der Waals surface area contributed by atoms with Crippen molar-refractivity contribution in [2.45, 2.75) is 26.4 Å². The van der Waals surface area contributed by atoms with Crippen molar-refractivity contribution in [1.82, 2.24) is 10.3 Å². The fourth-order valence-corrected chi connectivity index (χ4v) is 2.86. The van der Waals surface area contributed by atoms with Gasteiger partial charge >= 0.3 is 0 Å². The topological polar surface area (TPSA) is 46.6 Å². The molecule has 0 aliphatic heterocycles. The van der Waals surface area contributed by atoms with Crippen LogP contribution in [-0.4, -0.2) is 51.5 Å². The number of aromatic nitrogens is 1. The van der Waals surface area contributed by atoms with Crippen molar-refractivity contribution in [1.29, 1.82) is 0 Å². The van der Waals surface area contributed by atoms with Crippen molar-refractivity contribution in [3.8, 4) is 0 Å². The number of rotatable bonds is 10. The lowest BCUT2D eigenvalue weighted by atomic mass is 10.3. The smallest absolute Gasteiger partial charge is 0.185 e. The number of ether oxygens (including phenoxy) is 2. The number of hydrogen-bond acceptors (Lipinski definition) is 6. The summed E-state index contributed by atoms with van der Waals surface area (Å²) in [5.41, 5.74) is 1.08. The Labute approximate surface area is 119 Å². The second-order valence-corrected chi connectivity index (χ2v) is 5.22. The maximum atomic E-state index is 5.22. The minimum absolute atomic E-state index is 0.343. The average molecular weight is 287 g/mol. The minimum Gasteiger partial charge on any atom is -0.383 e. The number of nitrogens with zero attached hydrogens (tertiary/aromatic N) is 2. The molecule has 1 aromatic rings. The molecule has 0 saturated heterocycles. The molecule has 0 aliphatic carbocycles. The number of likely N-dealkylation sites (N-methyl/N-ethyl adjacent to an activating group) is 1. The van der Waals surface area contributed by atoms with E-state index in [-0.39, 0.29) is 0 Å². The zero-order valence-corrected chi connectivity index (χ0v) is 13.1. The second kappa shape index (κ2) is 9.25. The highest BCUT2D eigenvalue weighted by Gasteiger charge is 2.15. The first-order valence-electron chi connectivity index (χ1n) is 6.62. The van der Waals surface area contributed by atoms with Gasteiger partial charge in [-0.05, 0) is 13.8 Å². The van der Waals surface area contributed by atoms with Gasteiger partial charge in [0.1, 0.15) is 0 Å². The van der Waals surface area contributed by atoms with E-state index in [0.29, 0.717) is 6.04 Å². The third kappa shape index (κ3) is 5.44. The minimum atomic E-state index is 0.343. The normalized spacial score (nSPS) is 12.6. The van der Waals surface area contributed by atoms with E-state index in [1.807, 2.05) is 0 Å². The molecular formula is C13H25N3O2S. The number of thiazole rings is 1. The monoisotopic (exact) mass is 287 g/mol. The molecule has 19 heavy (non-hydrogen) atoms. The lowest BCUT2D eigenvalue weighted by molar-refractivity contribution is 0.182. The van der Waals surface area contributed by atoms with Crippen LogP contribution >= 0.6 is 11.3 Å². The molecule has 1 aromatic heterocycles. The van der Waals surface area contributed by atoms with Crippen LogP contribution in [0.2, 0.25) is 0 Å². The molecule has 0 aromatic carbocycles. The average Bonchev–Trinajstić information content (AvgIpc) is 2.85. The van der Waals surface area contributed by atoms with Crippen molar-refractivity contribution in [3.63, 3.8) is 0 Å².